The highest BCUT2D eigenvalue weighted by Crippen LogP contribution is 2.14. The highest BCUT2D eigenvalue weighted by Gasteiger charge is 2.12. The molecule has 0 saturated carbocycles. The SMILES string of the molecule is CC(=O)Nc1ccc(C(=O)NC(=NCCN2CCOCC2)Nc2ccc(C)c(C)c2)cc1. The first-order valence-corrected chi connectivity index (χ1v) is 10.8. The fraction of sp³-hybridized carbons (Fsp3) is 0.375. The van der Waals surface area contributed by atoms with Crippen LogP contribution in [0.15, 0.2) is 47.5 Å². The molecule has 0 aromatic heterocycles. The number of aliphatic imine (C=N–C) groups is 1. The third kappa shape index (κ3) is 7.18. The first-order valence-electron chi connectivity index (χ1n) is 10.8. The molecule has 2 aromatic rings. The van der Waals surface area contributed by atoms with Gasteiger partial charge in [0.2, 0.25) is 11.9 Å². The van der Waals surface area contributed by atoms with Gasteiger partial charge in [0.15, 0.2) is 0 Å². The number of ether oxygens (including phenoxy) is 1. The van der Waals surface area contributed by atoms with Crippen LogP contribution in [0.3, 0.4) is 0 Å². The maximum atomic E-state index is 12.8. The number of morpholine rings is 1. The number of rotatable bonds is 6. The van der Waals surface area contributed by atoms with Gasteiger partial charge in [0, 0.05) is 43.5 Å². The summed E-state index contributed by atoms with van der Waals surface area (Å²) in [7, 11) is 0. The lowest BCUT2D eigenvalue weighted by Gasteiger charge is -2.25. The van der Waals surface area contributed by atoms with Gasteiger partial charge in [-0.15, -0.1) is 0 Å². The normalized spacial score (nSPS) is 14.7. The molecule has 32 heavy (non-hydrogen) atoms. The van der Waals surface area contributed by atoms with Gasteiger partial charge >= 0.3 is 0 Å². The maximum Gasteiger partial charge on any atom is 0.257 e. The van der Waals surface area contributed by atoms with Gasteiger partial charge in [0.25, 0.3) is 5.91 Å². The molecule has 0 spiro atoms. The molecule has 1 heterocycles. The van der Waals surface area contributed by atoms with E-state index in [1.807, 2.05) is 25.1 Å². The molecular formula is C24H31N5O3. The number of aryl methyl sites for hydroxylation is 2. The minimum atomic E-state index is -0.277. The van der Waals surface area contributed by atoms with Crippen LogP contribution in [0.5, 0.6) is 0 Å². The summed E-state index contributed by atoms with van der Waals surface area (Å²) >= 11 is 0. The van der Waals surface area contributed by atoms with E-state index in [2.05, 4.69) is 32.8 Å². The Labute approximate surface area is 189 Å². The molecule has 8 nitrogen and oxygen atoms in total. The number of anilines is 2. The zero-order valence-corrected chi connectivity index (χ0v) is 18.9. The minimum absolute atomic E-state index is 0.158. The van der Waals surface area contributed by atoms with Gasteiger partial charge in [0.05, 0.1) is 19.8 Å². The Morgan fingerprint density at radius 3 is 2.31 bits per heavy atom. The lowest BCUT2D eigenvalue weighted by Crippen LogP contribution is -2.39. The Hall–Kier alpha value is -3.23. The van der Waals surface area contributed by atoms with Crippen molar-refractivity contribution in [1.29, 1.82) is 0 Å². The van der Waals surface area contributed by atoms with Crippen molar-refractivity contribution in [3.63, 3.8) is 0 Å². The third-order valence-corrected chi connectivity index (χ3v) is 5.26. The number of guanidine groups is 1. The smallest absolute Gasteiger partial charge is 0.257 e. The van der Waals surface area contributed by atoms with Crippen LogP contribution in [0.1, 0.15) is 28.4 Å². The van der Waals surface area contributed by atoms with Gasteiger partial charge in [-0.3, -0.25) is 24.8 Å². The van der Waals surface area contributed by atoms with Crippen molar-refractivity contribution in [3.8, 4) is 0 Å². The summed E-state index contributed by atoms with van der Waals surface area (Å²) < 4.78 is 5.39. The van der Waals surface area contributed by atoms with E-state index in [-0.39, 0.29) is 11.8 Å². The molecule has 170 valence electrons. The number of hydrogen-bond acceptors (Lipinski definition) is 5. The van der Waals surface area contributed by atoms with Gasteiger partial charge in [0.1, 0.15) is 0 Å². The van der Waals surface area contributed by atoms with Gasteiger partial charge in [-0.1, -0.05) is 6.07 Å². The second-order valence-electron chi connectivity index (χ2n) is 7.82. The Balaban J connectivity index is 1.69. The summed E-state index contributed by atoms with van der Waals surface area (Å²) in [5.41, 5.74) is 4.33. The van der Waals surface area contributed by atoms with E-state index in [0.717, 1.165) is 44.1 Å². The molecule has 8 heteroatoms. The van der Waals surface area contributed by atoms with Gasteiger partial charge in [-0.05, 0) is 61.4 Å². The standard InChI is InChI=1S/C24H31N5O3/c1-17-4-7-22(16-18(17)2)27-24(25-10-11-29-12-14-32-15-13-29)28-23(31)20-5-8-21(9-6-20)26-19(3)30/h4-9,16H,10-15H2,1-3H3,(H,26,30)(H2,25,27,28,31). The monoisotopic (exact) mass is 437 g/mol. The fourth-order valence-electron chi connectivity index (χ4n) is 3.28. The number of nitrogens with one attached hydrogen (secondary N) is 3. The quantitative estimate of drug-likeness (QED) is 0.477. The van der Waals surface area contributed by atoms with Crippen LogP contribution in [-0.4, -0.2) is 62.1 Å². The number of benzene rings is 2. The van der Waals surface area contributed by atoms with Crippen LogP contribution < -0.4 is 16.0 Å². The highest BCUT2D eigenvalue weighted by atomic mass is 16.5. The number of hydrogen-bond donors (Lipinski definition) is 3. The second kappa shape index (κ2) is 11.4. The van der Waals surface area contributed by atoms with E-state index in [1.165, 1.54) is 12.5 Å². The molecule has 1 aliphatic heterocycles. The van der Waals surface area contributed by atoms with Crippen LogP contribution in [0.4, 0.5) is 11.4 Å². The summed E-state index contributed by atoms with van der Waals surface area (Å²) in [5, 5.41) is 8.82. The molecule has 0 aliphatic carbocycles. The maximum absolute atomic E-state index is 12.8. The van der Waals surface area contributed by atoms with Crippen molar-refractivity contribution in [2.75, 3.05) is 50.0 Å². The number of carbonyl (C=O) groups excluding carboxylic acids is 2. The van der Waals surface area contributed by atoms with E-state index in [1.54, 1.807) is 24.3 Å². The molecule has 2 aromatic carbocycles. The topological polar surface area (TPSA) is 95.1 Å². The van der Waals surface area contributed by atoms with E-state index >= 15 is 0 Å². The zero-order chi connectivity index (χ0) is 22.9. The van der Waals surface area contributed by atoms with Crippen molar-refractivity contribution in [2.45, 2.75) is 20.8 Å². The van der Waals surface area contributed by atoms with Crippen molar-refractivity contribution >= 4 is 29.1 Å². The second-order valence-corrected chi connectivity index (χ2v) is 7.82. The van der Waals surface area contributed by atoms with Crippen LogP contribution in [-0.2, 0) is 9.53 Å². The molecular weight excluding hydrogens is 406 g/mol. The number of amides is 2. The van der Waals surface area contributed by atoms with Crippen molar-refractivity contribution in [2.24, 2.45) is 4.99 Å². The lowest BCUT2D eigenvalue weighted by molar-refractivity contribution is -0.114. The zero-order valence-electron chi connectivity index (χ0n) is 18.9. The first kappa shape index (κ1) is 23.4. The third-order valence-electron chi connectivity index (χ3n) is 5.26. The van der Waals surface area contributed by atoms with E-state index < -0.39 is 0 Å². The molecule has 1 fully saturated rings. The first-order chi connectivity index (χ1) is 15.4. The molecule has 0 bridgehead atoms. The number of carbonyl (C=O) groups is 2. The van der Waals surface area contributed by atoms with Crippen LogP contribution >= 0.6 is 0 Å². The van der Waals surface area contributed by atoms with Crippen LogP contribution in [0.2, 0.25) is 0 Å². The van der Waals surface area contributed by atoms with Gasteiger partial charge < -0.3 is 15.4 Å². The molecule has 0 atom stereocenters. The molecule has 1 saturated heterocycles. The average molecular weight is 438 g/mol. The summed E-state index contributed by atoms with van der Waals surface area (Å²) in [6.45, 7) is 10.2. The van der Waals surface area contributed by atoms with E-state index in [0.29, 0.717) is 23.8 Å². The molecule has 1 aliphatic rings. The molecule has 3 rings (SSSR count). The summed E-state index contributed by atoms with van der Waals surface area (Å²) in [6, 6.07) is 12.8. The Morgan fingerprint density at radius 1 is 0.969 bits per heavy atom. The lowest BCUT2D eigenvalue weighted by atomic mass is 10.1. The number of nitrogens with zero attached hydrogens (tertiary/aromatic N) is 2. The van der Waals surface area contributed by atoms with Crippen molar-refractivity contribution < 1.29 is 14.3 Å². The predicted octanol–water partition coefficient (Wildman–Crippen LogP) is 2.79. The van der Waals surface area contributed by atoms with Gasteiger partial charge in [-0.25, -0.2) is 0 Å². The predicted molar refractivity (Wildman–Crippen MR) is 127 cm³/mol. The Kier molecular flexibility index (Phi) is 8.35. The van der Waals surface area contributed by atoms with Crippen molar-refractivity contribution in [3.05, 3.63) is 59.2 Å². The van der Waals surface area contributed by atoms with Crippen LogP contribution in [0, 0.1) is 13.8 Å². The van der Waals surface area contributed by atoms with Crippen LogP contribution in [0.25, 0.3) is 0 Å². The fourth-order valence-corrected chi connectivity index (χ4v) is 3.28. The molecule has 0 unspecified atom stereocenters. The minimum Gasteiger partial charge on any atom is -0.379 e. The van der Waals surface area contributed by atoms with Gasteiger partial charge in [-0.2, -0.15) is 0 Å². The molecule has 2 amide bonds. The average Bonchev–Trinajstić information content (AvgIpc) is 2.77. The summed E-state index contributed by atoms with van der Waals surface area (Å²) in [6.07, 6.45) is 0. The Bertz CT molecular complexity index is 966. The summed E-state index contributed by atoms with van der Waals surface area (Å²) in [4.78, 5) is 30.9. The van der Waals surface area contributed by atoms with Crippen molar-refractivity contribution in [1.82, 2.24) is 10.2 Å². The molecule has 3 N–H and O–H groups in total. The van der Waals surface area contributed by atoms with E-state index in [4.69, 9.17) is 4.74 Å². The largest absolute Gasteiger partial charge is 0.379 e. The Morgan fingerprint density at radius 2 is 1.66 bits per heavy atom. The highest BCUT2D eigenvalue weighted by molar-refractivity contribution is 6.10. The summed E-state index contributed by atoms with van der Waals surface area (Å²) in [5.74, 6) is -0.0345. The van der Waals surface area contributed by atoms with E-state index in [9.17, 15) is 9.59 Å². The molecule has 0 radical (unpaired) electrons.